The Kier molecular flexibility index (Phi) is 2.02. The molecule has 0 amide bonds. The molecule has 1 aliphatic rings. The Morgan fingerprint density at radius 2 is 2.33 bits per heavy atom. The lowest BCUT2D eigenvalue weighted by Crippen LogP contribution is -2.63. The first kappa shape index (κ1) is 6.95. The summed E-state index contributed by atoms with van der Waals surface area (Å²) in [6, 6.07) is -0.324. The van der Waals surface area contributed by atoms with Gasteiger partial charge >= 0.3 is 0 Å². The summed E-state index contributed by atoms with van der Waals surface area (Å²) in [6.45, 7) is 0.219. The molecule has 9 heavy (non-hydrogen) atoms. The standard InChI is InChI=1S/C5H11NO3/c7-2-4(9)5-3(8)1-6-5/h3-9H,1-2H2/t3-,4-,5+/m0/s1. The van der Waals surface area contributed by atoms with Crippen LogP contribution in [0.25, 0.3) is 0 Å². The van der Waals surface area contributed by atoms with E-state index in [1.807, 2.05) is 0 Å². The quantitative estimate of drug-likeness (QED) is 0.341. The Balaban J connectivity index is 2.25. The smallest absolute Gasteiger partial charge is 0.0949 e. The van der Waals surface area contributed by atoms with Crippen molar-refractivity contribution in [2.45, 2.75) is 18.2 Å². The zero-order valence-electron chi connectivity index (χ0n) is 4.99. The predicted octanol–water partition coefficient (Wildman–Crippen LogP) is -2.33. The fourth-order valence-electron chi connectivity index (χ4n) is 0.865. The molecule has 0 aromatic rings. The van der Waals surface area contributed by atoms with Gasteiger partial charge in [0.1, 0.15) is 0 Å². The highest BCUT2D eigenvalue weighted by molar-refractivity contribution is 4.92. The van der Waals surface area contributed by atoms with Gasteiger partial charge in [-0.3, -0.25) is 0 Å². The summed E-state index contributed by atoms with van der Waals surface area (Å²) < 4.78 is 0. The number of aliphatic hydroxyl groups excluding tert-OH is 3. The molecule has 0 aromatic heterocycles. The largest absolute Gasteiger partial charge is 0.394 e. The summed E-state index contributed by atoms with van der Waals surface area (Å²) in [5, 5.41) is 28.9. The van der Waals surface area contributed by atoms with Crippen molar-refractivity contribution in [3.05, 3.63) is 0 Å². The first-order valence-electron chi connectivity index (χ1n) is 2.96. The molecule has 3 atom stereocenters. The summed E-state index contributed by atoms with van der Waals surface area (Å²) >= 11 is 0. The van der Waals surface area contributed by atoms with E-state index < -0.39 is 12.2 Å². The van der Waals surface area contributed by atoms with Crippen molar-refractivity contribution in [3.8, 4) is 0 Å². The van der Waals surface area contributed by atoms with Gasteiger partial charge in [-0.1, -0.05) is 0 Å². The third-order valence-electron chi connectivity index (χ3n) is 1.58. The molecule has 0 saturated carbocycles. The Hall–Kier alpha value is -0.160. The van der Waals surface area contributed by atoms with Crippen molar-refractivity contribution < 1.29 is 15.3 Å². The summed E-state index contributed by atoms with van der Waals surface area (Å²) in [4.78, 5) is 0. The summed E-state index contributed by atoms with van der Waals surface area (Å²) in [5.74, 6) is 0. The molecule has 4 nitrogen and oxygen atoms in total. The fraction of sp³-hybridized carbons (Fsp3) is 1.00. The molecule has 0 bridgehead atoms. The number of rotatable bonds is 2. The van der Waals surface area contributed by atoms with Crippen LogP contribution in [-0.4, -0.2) is 46.7 Å². The van der Waals surface area contributed by atoms with Gasteiger partial charge in [-0.25, -0.2) is 0 Å². The highest BCUT2D eigenvalue weighted by atomic mass is 16.3. The van der Waals surface area contributed by atoms with Crippen LogP contribution in [0.2, 0.25) is 0 Å². The van der Waals surface area contributed by atoms with Crippen LogP contribution in [0.5, 0.6) is 0 Å². The molecule has 0 spiro atoms. The minimum Gasteiger partial charge on any atom is -0.394 e. The zero-order valence-corrected chi connectivity index (χ0v) is 4.99. The second-order valence-electron chi connectivity index (χ2n) is 2.25. The second kappa shape index (κ2) is 2.62. The van der Waals surface area contributed by atoms with E-state index in [4.69, 9.17) is 15.3 Å². The lowest BCUT2D eigenvalue weighted by Gasteiger charge is -2.36. The average molecular weight is 133 g/mol. The van der Waals surface area contributed by atoms with Gasteiger partial charge in [0.25, 0.3) is 0 Å². The van der Waals surface area contributed by atoms with Crippen molar-refractivity contribution in [2.75, 3.05) is 13.2 Å². The van der Waals surface area contributed by atoms with E-state index >= 15 is 0 Å². The van der Waals surface area contributed by atoms with Crippen molar-refractivity contribution in [1.82, 2.24) is 5.32 Å². The molecule has 0 unspecified atom stereocenters. The van der Waals surface area contributed by atoms with E-state index in [1.165, 1.54) is 0 Å². The lowest BCUT2D eigenvalue weighted by atomic mass is 9.98. The van der Waals surface area contributed by atoms with Gasteiger partial charge < -0.3 is 20.6 Å². The summed E-state index contributed by atoms with van der Waals surface area (Å²) in [5.41, 5.74) is 0. The number of hydrogen-bond acceptors (Lipinski definition) is 4. The normalized spacial score (nSPS) is 37.7. The van der Waals surface area contributed by atoms with E-state index in [9.17, 15) is 0 Å². The molecule has 54 valence electrons. The molecule has 0 aliphatic carbocycles. The Morgan fingerprint density at radius 3 is 2.44 bits per heavy atom. The lowest BCUT2D eigenvalue weighted by molar-refractivity contribution is -0.0345. The molecular weight excluding hydrogens is 122 g/mol. The Labute approximate surface area is 53.1 Å². The number of nitrogens with one attached hydrogen (secondary N) is 1. The minimum absolute atomic E-state index is 0.297. The highest BCUT2D eigenvalue weighted by Gasteiger charge is 2.33. The Bertz CT molecular complexity index is 98.2. The van der Waals surface area contributed by atoms with E-state index in [1.54, 1.807) is 0 Å². The molecule has 1 heterocycles. The molecule has 1 rings (SSSR count). The van der Waals surface area contributed by atoms with E-state index in [2.05, 4.69) is 5.32 Å². The van der Waals surface area contributed by atoms with Crippen LogP contribution in [-0.2, 0) is 0 Å². The maximum atomic E-state index is 8.88. The van der Waals surface area contributed by atoms with Crippen LogP contribution in [0.3, 0.4) is 0 Å². The zero-order chi connectivity index (χ0) is 6.85. The SMILES string of the molecule is OC[C@H](O)[C@@H]1NC[C@@H]1O. The summed E-state index contributed by atoms with van der Waals surface area (Å²) in [6.07, 6.45) is -1.32. The predicted molar refractivity (Wildman–Crippen MR) is 30.9 cm³/mol. The summed E-state index contributed by atoms with van der Waals surface area (Å²) in [7, 11) is 0. The maximum absolute atomic E-state index is 8.88. The van der Waals surface area contributed by atoms with Crippen molar-refractivity contribution in [1.29, 1.82) is 0 Å². The van der Waals surface area contributed by atoms with Crippen LogP contribution < -0.4 is 5.32 Å². The molecular formula is C5H11NO3. The molecule has 0 radical (unpaired) electrons. The van der Waals surface area contributed by atoms with Crippen molar-refractivity contribution in [3.63, 3.8) is 0 Å². The van der Waals surface area contributed by atoms with Crippen LogP contribution >= 0.6 is 0 Å². The van der Waals surface area contributed by atoms with Crippen molar-refractivity contribution >= 4 is 0 Å². The second-order valence-corrected chi connectivity index (χ2v) is 2.25. The molecule has 1 fully saturated rings. The first-order chi connectivity index (χ1) is 4.25. The number of aliphatic hydroxyl groups is 3. The van der Waals surface area contributed by atoms with Gasteiger partial charge in [0.2, 0.25) is 0 Å². The van der Waals surface area contributed by atoms with E-state index in [0.29, 0.717) is 6.54 Å². The third kappa shape index (κ3) is 1.21. The van der Waals surface area contributed by atoms with Gasteiger partial charge in [0.15, 0.2) is 0 Å². The fourth-order valence-corrected chi connectivity index (χ4v) is 0.865. The van der Waals surface area contributed by atoms with Crippen LogP contribution in [0.4, 0.5) is 0 Å². The van der Waals surface area contributed by atoms with Crippen LogP contribution in [0.15, 0.2) is 0 Å². The molecule has 1 aliphatic heterocycles. The average Bonchev–Trinajstić information content (AvgIpc) is 1.84. The molecule has 1 saturated heterocycles. The van der Waals surface area contributed by atoms with Gasteiger partial charge in [-0.2, -0.15) is 0 Å². The van der Waals surface area contributed by atoms with Gasteiger partial charge in [-0.15, -0.1) is 0 Å². The van der Waals surface area contributed by atoms with E-state index in [0.717, 1.165) is 0 Å². The van der Waals surface area contributed by atoms with Crippen LogP contribution in [0, 0.1) is 0 Å². The maximum Gasteiger partial charge on any atom is 0.0949 e. The van der Waals surface area contributed by atoms with Crippen molar-refractivity contribution in [2.24, 2.45) is 0 Å². The van der Waals surface area contributed by atoms with E-state index in [-0.39, 0.29) is 12.6 Å². The minimum atomic E-state index is -0.825. The van der Waals surface area contributed by atoms with Crippen LogP contribution in [0.1, 0.15) is 0 Å². The topological polar surface area (TPSA) is 72.7 Å². The Morgan fingerprint density at radius 1 is 1.67 bits per heavy atom. The third-order valence-corrected chi connectivity index (χ3v) is 1.58. The number of hydrogen-bond donors (Lipinski definition) is 4. The van der Waals surface area contributed by atoms with Gasteiger partial charge in [0, 0.05) is 6.54 Å². The van der Waals surface area contributed by atoms with Gasteiger partial charge in [-0.05, 0) is 0 Å². The monoisotopic (exact) mass is 133 g/mol. The highest BCUT2D eigenvalue weighted by Crippen LogP contribution is 2.07. The molecule has 4 heteroatoms. The number of β-amino-alcohol motifs (C(OH)–C–C–N with tert-alkyl or cyclic N) is 1. The first-order valence-corrected chi connectivity index (χ1v) is 2.96. The molecule has 0 aromatic carbocycles. The molecule has 4 N–H and O–H groups in total. The van der Waals surface area contributed by atoms with Gasteiger partial charge in [0.05, 0.1) is 24.9 Å².